The summed E-state index contributed by atoms with van der Waals surface area (Å²) in [4.78, 5) is 11.6. The third-order valence-corrected chi connectivity index (χ3v) is 2.69. The van der Waals surface area contributed by atoms with Crippen molar-refractivity contribution < 1.29 is 19.0 Å². The molecule has 1 aromatic carbocycles. The van der Waals surface area contributed by atoms with E-state index in [2.05, 4.69) is 17.2 Å². The van der Waals surface area contributed by atoms with Crippen LogP contribution < -0.4 is 24.8 Å². The molecule has 2 N–H and O–H groups in total. The van der Waals surface area contributed by atoms with Gasteiger partial charge in [-0.25, -0.2) is 0 Å². The highest BCUT2D eigenvalue weighted by atomic mass is 16.5. The lowest BCUT2D eigenvalue weighted by atomic mass is 10.2. The van der Waals surface area contributed by atoms with Gasteiger partial charge in [-0.3, -0.25) is 4.79 Å². The topological polar surface area (TPSA) is 68.8 Å². The molecule has 0 unspecified atom stereocenters. The van der Waals surface area contributed by atoms with Gasteiger partial charge in [-0.1, -0.05) is 6.08 Å². The van der Waals surface area contributed by atoms with E-state index in [9.17, 15) is 4.79 Å². The maximum Gasteiger partial charge on any atom is 0.258 e. The summed E-state index contributed by atoms with van der Waals surface area (Å²) in [6, 6.07) is 3.69. The highest BCUT2D eigenvalue weighted by Gasteiger charge is 2.15. The Kier molecular flexibility index (Phi) is 7.11. The summed E-state index contributed by atoms with van der Waals surface area (Å²) in [6.07, 6.45) is 1.60. The van der Waals surface area contributed by atoms with Crippen LogP contribution in [0, 0.1) is 0 Å². The zero-order chi connectivity index (χ0) is 15.7. The third kappa shape index (κ3) is 5.00. The number of amides is 1. The summed E-state index contributed by atoms with van der Waals surface area (Å²) < 4.78 is 16.1. The molecular weight excluding hydrogens is 272 g/mol. The maximum atomic E-state index is 11.6. The summed E-state index contributed by atoms with van der Waals surface area (Å²) in [5.41, 5.74) is 0.995. The Labute approximate surface area is 125 Å². The number of hydrogen-bond acceptors (Lipinski definition) is 5. The number of benzene rings is 1. The van der Waals surface area contributed by atoms with Crippen LogP contribution in [-0.2, 0) is 11.3 Å². The second-order valence-corrected chi connectivity index (χ2v) is 4.24. The van der Waals surface area contributed by atoms with E-state index in [0.29, 0.717) is 30.3 Å². The van der Waals surface area contributed by atoms with E-state index in [-0.39, 0.29) is 12.5 Å². The van der Waals surface area contributed by atoms with Crippen LogP contribution in [0.25, 0.3) is 0 Å². The first kappa shape index (κ1) is 16.8. The van der Waals surface area contributed by atoms with Gasteiger partial charge in [-0.2, -0.15) is 0 Å². The molecule has 0 saturated carbocycles. The predicted molar refractivity (Wildman–Crippen MR) is 81.0 cm³/mol. The Hall–Kier alpha value is -2.21. The zero-order valence-electron chi connectivity index (χ0n) is 12.7. The van der Waals surface area contributed by atoms with Crippen molar-refractivity contribution in [2.75, 3.05) is 34.4 Å². The summed E-state index contributed by atoms with van der Waals surface area (Å²) in [7, 11) is 4.94. The molecule has 0 fully saturated rings. The first-order valence-corrected chi connectivity index (χ1v) is 6.56. The van der Waals surface area contributed by atoms with Crippen LogP contribution in [-0.4, -0.2) is 40.3 Å². The Morgan fingerprint density at radius 1 is 1.29 bits per heavy atom. The summed E-state index contributed by atoms with van der Waals surface area (Å²) >= 11 is 0. The van der Waals surface area contributed by atoms with E-state index >= 15 is 0 Å². The van der Waals surface area contributed by atoms with Gasteiger partial charge in [-0.15, -0.1) is 6.58 Å². The minimum Gasteiger partial charge on any atom is -0.493 e. The lowest BCUT2D eigenvalue weighted by molar-refractivity contribution is -0.122. The van der Waals surface area contributed by atoms with Gasteiger partial charge in [0, 0.05) is 13.1 Å². The van der Waals surface area contributed by atoms with E-state index in [1.54, 1.807) is 20.3 Å². The van der Waals surface area contributed by atoms with Gasteiger partial charge in [0.25, 0.3) is 5.91 Å². The molecule has 0 aliphatic rings. The van der Waals surface area contributed by atoms with Gasteiger partial charge >= 0.3 is 0 Å². The average Bonchev–Trinajstić information content (AvgIpc) is 2.50. The molecule has 0 atom stereocenters. The molecule has 0 aliphatic heterocycles. The smallest absolute Gasteiger partial charge is 0.258 e. The van der Waals surface area contributed by atoms with Crippen molar-refractivity contribution in [2.45, 2.75) is 6.54 Å². The van der Waals surface area contributed by atoms with Crippen molar-refractivity contribution >= 4 is 5.91 Å². The van der Waals surface area contributed by atoms with E-state index in [1.165, 1.54) is 0 Å². The van der Waals surface area contributed by atoms with Crippen molar-refractivity contribution in [3.63, 3.8) is 0 Å². The third-order valence-electron chi connectivity index (χ3n) is 2.69. The SMILES string of the molecule is C=CCNC(=O)COc1c(OC)cc(CNC)cc1OC. The van der Waals surface area contributed by atoms with Crippen LogP contribution in [0.5, 0.6) is 17.2 Å². The highest BCUT2D eigenvalue weighted by molar-refractivity contribution is 5.77. The van der Waals surface area contributed by atoms with Gasteiger partial charge in [0.2, 0.25) is 5.75 Å². The van der Waals surface area contributed by atoms with Crippen molar-refractivity contribution in [1.29, 1.82) is 0 Å². The Morgan fingerprint density at radius 3 is 2.38 bits per heavy atom. The van der Waals surface area contributed by atoms with Crippen LogP contribution in [0.4, 0.5) is 0 Å². The van der Waals surface area contributed by atoms with Crippen LogP contribution in [0.2, 0.25) is 0 Å². The fraction of sp³-hybridized carbons (Fsp3) is 0.400. The fourth-order valence-electron chi connectivity index (χ4n) is 1.76. The number of carbonyl (C=O) groups excluding carboxylic acids is 1. The van der Waals surface area contributed by atoms with Crippen molar-refractivity contribution in [3.05, 3.63) is 30.4 Å². The first-order valence-electron chi connectivity index (χ1n) is 6.56. The lowest BCUT2D eigenvalue weighted by Gasteiger charge is -2.16. The van der Waals surface area contributed by atoms with E-state index in [4.69, 9.17) is 14.2 Å². The lowest BCUT2D eigenvalue weighted by Crippen LogP contribution is -2.29. The molecule has 0 heterocycles. The van der Waals surface area contributed by atoms with E-state index < -0.39 is 0 Å². The molecule has 6 heteroatoms. The second kappa shape index (κ2) is 8.86. The van der Waals surface area contributed by atoms with Gasteiger partial charge in [0.05, 0.1) is 14.2 Å². The molecule has 0 saturated heterocycles. The van der Waals surface area contributed by atoms with Crippen LogP contribution >= 0.6 is 0 Å². The highest BCUT2D eigenvalue weighted by Crippen LogP contribution is 2.38. The first-order chi connectivity index (χ1) is 10.2. The Morgan fingerprint density at radius 2 is 1.90 bits per heavy atom. The second-order valence-electron chi connectivity index (χ2n) is 4.24. The average molecular weight is 294 g/mol. The summed E-state index contributed by atoms with van der Waals surface area (Å²) in [6.45, 7) is 4.49. The maximum absolute atomic E-state index is 11.6. The molecule has 0 spiro atoms. The monoisotopic (exact) mass is 294 g/mol. The van der Waals surface area contributed by atoms with Crippen molar-refractivity contribution in [1.82, 2.24) is 10.6 Å². The predicted octanol–water partition coefficient (Wildman–Crippen LogP) is 1.10. The number of nitrogens with one attached hydrogen (secondary N) is 2. The van der Waals surface area contributed by atoms with Gasteiger partial charge in [0.15, 0.2) is 18.1 Å². The molecule has 0 aromatic heterocycles. The fourth-order valence-corrected chi connectivity index (χ4v) is 1.76. The molecule has 6 nitrogen and oxygen atoms in total. The number of methoxy groups -OCH3 is 2. The zero-order valence-corrected chi connectivity index (χ0v) is 12.7. The van der Waals surface area contributed by atoms with E-state index in [1.807, 2.05) is 19.2 Å². The largest absolute Gasteiger partial charge is 0.493 e. The molecule has 1 aromatic rings. The van der Waals surface area contributed by atoms with Crippen LogP contribution in [0.15, 0.2) is 24.8 Å². The minimum absolute atomic E-state index is 0.119. The Balaban J connectivity index is 2.88. The van der Waals surface area contributed by atoms with Crippen LogP contribution in [0.3, 0.4) is 0 Å². The molecule has 116 valence electrons. The van der Waals surface area contributed by atoms with Crippen molar-refractivity contribution in [2.24, 2.45) is 0 Å². The molecular formula is C15H22N2O4. The van der Waals surface area contributed by atoms with Gasteiger partial charge in [-0.05, 0) is 24.7 Å². The molecule has 0 radical (unpaired) electrons. The quantitative estimate of drug-likeness (QED) is 0.668. The standard InChI is InChI=1S/C15H22N2O4/c1-5-6-17-14(18)10-21-15-12(19-3)7-11(9-16-2)8-13(15)20-4/h5,7-8,16H,1,6,9-10H2,2-4H3,(H,17,18). The van der Waals surface area contributed by atoms with Gasteiger partial charge in [0.1, 0.15) is 0 Å². The van der Waals surface area contributed by atoms with Gasteiger partial charge < -0.3 is 24.8 Å². The van der Waals surface area contributed by atoms with E-state index in [0.717, 1.165) is 5.56 Å². The number of ether oxygens (including phenoxy) is 3. The van der Waals surface area contributed by atoms with Crippen LogP contribution in [0.1, 0.15) is 5.56 Å². The number of hydrogen-bond donors (Lipinski definition) is 2. The summed E-state index contributed by atoms with van der Waals surface area (Å²) in [5.74, 6) is 1.22. The summed E-state index contributed by atoms with van der Waals surface area (Å²) in [5, 5.41) is 5.69. The van der Waals surface area contributed by atoms with Crippen molar-refractivity contribution in [3.8, 4) is 17.2 Å². The molecule has 0 aliphatic carbocycles. The number of carbonyl (C=O) groups is 1. The number of rotatable bonds is 9. The molecule has 0 bridgehead atoms. The molecule has 1 rings (SSSR count). The molecule has 21 heavy (non-hydrogen) atoms. The Bertz CT molecular complexity index is 464. The molecule has 1 amide bonds. The normalized spacial score (nSPS) is 9.86. The minimum atomic E-state index is -0.238.